The molecule has 0 aliphatic carbocycles. The molecule has 8 heteroatoms. The standard InChI is InChI=1S/C17H24F4O3Si/c1-10(2)22-17(23-11(3)4)24-25-8-6-5-7-12-9-13(18)15(20)16(21)14(12)19/h9-11,17H,5-8H2,1-4H3. The molecule has 0 saturated carbocycles. The molecule has 0 aliphatic rings. The molecule has 25 heavy (non-hydrogen) atoms. The molecule has 0 atom stereocenters. The highest BCUT2D eigenvalue weighted by atomic mass is 28.2. The van der Waals surface area contributed by atoms with E-state index in [0.717, 1.165) is 0 Å². The third-order valence-corrected chi connectivity index (χ3v) is 4.02. The minimum absolute atomic E-state index is 0.0419. The lowest BCUT2D eigenvalue weighted by atomic mass is 10.1. The fraction of sp³-hybridized carbons (Fsp3) is 0.647. The summed E-state index contributed by atoms with van der Waals surface area (Å²) in [5.41, 5.74) is -0.162. The van der Waals surface area contributed by atoms with Crippen molar-refractivity contribution in [1.29, 1.82) is 0 Å². The summed E-state index contributed by atoms with van der Waals surface area (Å²) in [6.45, 7) is 6.75. The van der Waals surface area contributed by atoms with Gasteiger partial charge in [-0.1, -0.05) is 6.42 Å². The maximum atomic E-state index is 13.5. The lowest BCUT2D eigenvalue weighted by Gasteiger charge is -2.22. The molecule has 0 aromatic heterocycles. The lowest BCUT2D eigenvalue weighted by molar-refractivity contribution is -0.275. The van der Waals surface area contributed by atoms with E-state index in [2.05, 4.69) is 0 Å². The van der Waals surface area contributed by atoms with Crippen LogP contribution < -0.4 is 0 Å². The molecule has 142 valence electrons. The first-order valence-electron chi connectivity index (χ1n) is 8.23. The normalized spacial score (nSPS) is 12.0. The van der Waals surface area contributed by atoms with E-state index < -0.39 is 29.7 Å². The number of ether oxygens (including phenoxy) is 2. The minimum Gasteiger partial charge on any atom is -0.372 e. The Morgan fingerprint density at radius 2 is 1.48 bits per heavy atom. The van der Waals surface area contributed by atoms with Gasteiger partial charge >= 0.3 is 0 Å². The maximum Gasteiger partial charge on any atom is 0.262 e. The number of rotatable bonds is 11. The van der Waals surface area contributed by atoms with Crippen molar-refractivity contribution in [2.75, 3.05) is 0 Å². The molecule has 0 spiro atoms. The summed E-state index contributed by atoms with van der Waals surface area (Å²) in [5, 5.41) is 0. The van der Waals surface area contributed by atoms with Crippen molar-refractivity contribution < 1.29 is 31.5 Å². The molecule has 0 fully saturated rings. The molecule has 0 amide bonds. The second-order valence-corrected chi connectivity index (χ2v) is 7.11. The molecule has 0 saturated heterocycles. The number of unbranched alkanes of at least 4 members (excludes halogenated alkanes) is 1. The van der Waals surface area contributed by atoms with Crippen molar-refractivity contribution in [3.63, 3.8) is 0 Å². The zero-order chi connectivity index (χ0) is 19.0. The van der Waals surface area contributed by atoms with Gasteiger partial charge in [-0.15, -0.1) is 0 Å². The van der Waals surface area contributed by atoms with Crippen LogP contribution in [0.15, 0.2) is 6.07 Å². The van der Waals surface area contributed by atoms with Gasteiger partial charge in [0.2, 0.25) is 9.76 Å². The Balaban J connectivity index is 2.34. The third-order valence-electron chi connectivity index (χ3n) is 3.10. The van der Waals surface area contributed by atoms with E-state index in [4.69, 9.17) is 13.9 Å². The van der Waals surface area contributed by atoms with E-state index in [1.165, 1.54) is 0 Å². The highest BCUT2D eigenvalue weighted by Gasteiger charge is 2.18. The Morgan fingerprint density at radius 1 is 0.880 bits per heavy atom. The number of benzene rings is 1. The molecule has 1 aromatic carbocycles. The van der Waals surface area contributed by atoms with E-state index in [0.29, 0.717) is 25.0 Å². The molecule has 0 bridgehead atoms. The van der Waals surface area contributed by atoms with Crippen LogP contribution in [0.5, 0.6) is 0 Å². The number of hydrogen-bond acceptors (Lipinski definition) is 3. The van der Waals surface area contributed by atoms with Crippen molar-refractivity contribution in [1.82, 2.24) is 0 Å². The fourth-order valence-corrected chi connectivity index (χ4v) is 2.73. The summed E-state index contributed by atoms with van der Waals surface area (Å²) in [7, 11) is 0.118. The smallest absolute Gasteiger partial charge is 0.262 e. The monoisotopic (exact) mass is 380 g/mol. The molecule has 0 aliphatic heterocycles. The van der Waals surface area contributed by atoms with Crippen molar-refractivity contribution >= 4 is 9.76 Å². The van der Waals surface area contributed by atoms with Crippen molar-refractivity contribution in [3.8, 4) is 0 Å². The van der Waals surface area contributed by atoms with Gasteiger partial charge in [-0.3, -0.25) is 0 Å². The van der Waals surface area contributed by atoms with Crippen LogP contribution in [0.4, 0.5) is 17.6 Å². The minimum atomic E-state index is -1.78. The van der Waals surface area contributed by atoms with Gasteiger partial charge in [0.25, 0.3) is 6.48 Å². The van der Waals surface area contributed by atoms with Crippen molar-refractivity contribution in [2.45, 2.75) is 71.7 Å². The number of aryl methyl sites for hydroxylation is 1. The molecular formula is C17H24F4O3Si. The summed E-state index contributed by atoms with van der Waals surface area (Å²) in [6, 6.07) is 1.38. The quantitative estimate of drug-likeness (QED) is 0.138. The van der Waals surface area contributed by atoms with Gasteiger partial charge in [-0.25, -0.2) is 17.6 Å². The fourth-order valence-electron chi connectivity index (χ4n) is 1.98. The van der Waals surface area contributed by atoms with E-state index in [-0.39, 0.29) is 34.0 Å². The summed E-state index contributed by atoms with van der Waals surface area (Å²) < 4.78 is 69.2. The predicted octanol–water partition coefficient (Wildman–Crippen LogP) is 4.75. The molecular weight excluding hydrogens is 356 g/mol. The van der Waals surface area contributed by atoms with Gasteiger partial charge < -0.3 is 13.9 Å². The summed E-state index contributed by atoms with van der Waals surface area (Å²) in [4.78, 5) is 0. The Kier molecular flexibility index (Phi) is 9.63. The summed E-state index contributed by atoms with van der Waals surface area (Å²) in [5.74, 6) is -6.25. The van der Waals surface area contributed by atoms with Gasteiger partial charge in [0, 0.05) is 0 Å². The van der Waals surface area contributed by atoms with Gasteiger partial charge in [-0.05, 0) is 58.2 Å². The highest BCUT2D eigenvalue weighted by molar-refractivity contribution is 6.27. The van der Waals surface area contributed by atoms with Crippen LogP contribution in [0.3, 0.4) is 0 Å². The zero-order valence-corrected chi connectivity index (χ0v) is 15.9. The SMILES string of the molecule is CC(C)OC(O[Si]CCCCc1cc(F)c(F)c(F)c1F)OC(C)C. The molecule has 0 heterocycles. The van der Waals surface area contributed by atoms with Crippen LogP contribution in [0.1, 0.15) is 46.1 Å². The van der Waals surface area contributed by atoms with Gasteiger partial charge in [-0.2, -0.15) is 0 Å². The first-order valence-corrected chi connectivity index (χ1v) is 9.35. The van der Waals surface area contributed by atoms with Crippen LogP contribution in [0.2, 0.25) is 6.04 Å². The predicted molar refractivity (Wildman–Crippen MR) is 87.1 cm³/mol. The van der Waals surface area contributed by atoms with Crippen LogP contribution in [-0.2, 0) is 20.3 Å². The average molecular weight is 380 g/mol. The van der Waals surface area contributed by atoms with E-state index in [1.54, 1.807) is 0 Å². The first-order chi connectivity index (χ1) is 11.7. The van der Waals surface area contributed by atoms with Gasteiger partial charge in [0.15, 0.2) is 23.3 Å². The summed E-state index contributed by atoms with van der Waals surface area (Å²) in [6.07, 6.45) is 1.20. The van der Waals surface area contributed by atoms with Crippen LogP contribution in [-0.4, -0.2) is 28.4 Å². The van der Waals surface area contributed by atoms with E-state index in [9.17, 15) is 17.6 Å². The van der Waals surface area contributed by atoms with Crippen molar-refractivity contribution in [3.05, 3.63) is 34.9 Å². The van der Waals surface area contributed by atoms with Crippen molar-refractivity contribution in [2.24, 2.45) is 0 Å². The molecule has 3 nitrogen and oxygen atoms in total. The Morgan fingerprint density at radius 3 is 2.04 bits per heavy atom. The highest BCUT2D eigenvalue weighted by Crippen LogP contribution is 2.20. The average Bonchev–Trinajstić information content (AvgIpc) is 2.52. The molecule has 1 rings (SSSR count). The van der Waals surface area contributed by atoms with Crippen LogP contribution in [0.25, 0.3) is 0 Å². The molecule has 0 N–H and O–H groups in total. The lowest BCUT2D eigenvalue weighted by Crippen LogP contribution is -2.28. The Labute approximate surface area is 148 Å². The van der Waals surface area contributed by atoms with E-state index in [1.807, 2.05) is 27.7 Å². The van der Waals surface area contributed by atoms with E-state index >= 15 is 0 Å². The van der Waals surface area contributed by atoms with Crippen LogP contribution >= 0.6 is 0 Å². The molecule has 1 aromatic rings. The summed E-state index contributed by atoms with van der Waals surface area (Å²) >= 11 is 0. The van der Waals surface area contributed by atoms with Crippen LogP contribution in [0, 0.1) is 23.3 Å². The third kappa shape index (κ3) is 7.85. The maximum absolute atomic E-state index is 13.5. The second kappa shape index (κ2) is 10.9. The second-order valence-electron chi connectivity index (χ2n) is 6.09. The topological polar surface area (TPSA) is 27.7 Å². The Hall–Kier alpha value is -0.963. The zero-order valence-electron chi connectivity index (χ0n) is 14.9. The number of halogens is 4. The largest absolute Gasteiger partial charge is 0.372 e. The van der Waals surface area contributed by atoms with Gasteiger partial charge in [0.05, 0.1) is 12.2 Å². The Bertz CT molecular complexity index is 531. The molecule has 2 radical (unpaired) electrons. The van der Waals surface area contributed by atoms with Gasteiger partial charge in [0.1, 0.15) is 0 Å². The first kappa shape index (κ1) is 22.1. The molecule has 0 unspecified atom stereocenters. The number of hydrogen-bond donors (Lipinski definition) is 0.